The van der Waals surface area contributed by atoms with E-state index >= 15 is 0 Å². The first kappa shape index (κ1) is 8.82. The van der Waals surface area contributed by atoms with Gasteiger partial charge in [-0.05, 0) is 16.8 Å². The van der Waals surface area contributed by atoms with Crippen LogP contribution in [0.25, 0.3) is 16.5 Å². The Morgan fingerprint density at radius 2 is 1.79 bits per heavy atom. The summed E-state index contributed by atoms with van der Waals surface area (Å²) in [5.74, 6) is 0.704. The molecular formula is C13H12O. The molecule has 1 heteroatoms. The molecule has 0 saturated carbocycles. The molecule has 0 heterocycles. The lowest BCUT2D eigenvalue weighted by molar-refractivity contribution is 0.371. The molecule has 0 aliphatic heterocycles. The Balaban J connectivity index is 2.56. The zero-order valence-corrected chi connectivity index (χ0v) is 8.16. The lowest BCUT2D eigenvalue weighted by atomic mass is 10.1. The van der Waals surface area contributed by atoms with Crippen LogP contribution in [-0.2, 0) is 4.74 Å². The zero-order chi connectivity index (χ0) is 9.97. The summed E-state index contributed by atoms with van der Waals surface area (Å²) in [6.45, 7) is 3.83. The normalized spacial score (nSPS) is 10.1. The zero-order valence-electron chi connectivity index (χ0n) is 8.16. The average molecular weight is 184 g/mol. The molecule has 0 fully saturated rings. The van der Waals surface area contributed by atoms with Crippen molar-refractivity contribution >= 4 is 16.5 Å². The summed E-state index contributed by atoms with van der Waals surface area (Å²) in [7, 11) is 1.64. The molecule has 0 saturated heterocycles. The van der Waals surface area contributed by atoms with Crippen molar-refractivity contribution in [3.05, 3.63) is 54.6 Å². The van der Waals surface area contributed by atoms with Crippen LogP contribution < -0.4 is 0 Å². The first-order valence-electron chi connectivity index (χ1n) is 4.53. The van der Waals surface area contributed by atoms with E-state index in [2.05, 4.69) is 30.8 Å². The van der Waals surface area contributed by atoms with E-state index in [9.17, 15) is 0 Å². The van der Waals surface area contributed by atoms with Crippen LogP contribution in [0, 0.1) is 0 Å². The third kappa shape index (κ3) is 1.49. The molecule has 0 atom stereocenters. The summed E-state index contributed by atoms with van der Waals surface area (Å²) >= 11 is 0. The molecule has 0 aliphatic carbocycles. The van der Waals surface area contributed by atoms with Crippen molar-refractivity contribution < 1.29 is 4.74 Å². The van der Waals surface area contributed by atoms with E-state index in [1.807, 2.05) is 18.2 Å². The maximum atomic E-state index is 5.09. The van der Waals surface area contributed by atoms with Crippen LogP contribution in [0.4, 0.5) is 0 Å². The molecule has 0 aliphatic rings. The second-order valence-electron chi connectivity index (χ2n) is 3.19. The third-order valence-electron chi connectivity index (χ3n) is 2.32. The van der Waals surface area contributed by atoms with Gasteiger partial charge < -0.3 is 4.74 Å². The van der Waals surface area contributed by atoms with Crippen molar-refractivity contribution in [1.82, 2.24) is 0 Å². The van der Waals surface area contributed by atoms with E-state index in [0.29, 0.717) is 5.76 Å². The molecule has 14 heavy (non-hydrogen) atoms. The minimum atomic E-state index is 0.704. The van der Waals surface area contributed by atoms with Gasteiger partial charge in [-0.1, -0.05) is 43.0 Å². The Kier molecular flexibility index (Phi) is 2.23. The molecule has 0 unspecified atom stereocenters. The lowest BCUT2D eigenvalue weighted by Crippen LogP contribution is -1.84. The van der Waals surface area contributed by atoms with Crippen molar-refractivity contribution in [1.29, 1.82) is 0 Å². The summed E-state index contributed by atoms with van der Waals surface area (Å²) in [5, 5.41) is 2.45. The standard InChI is InChI=1S/C13H12O/c1-10(14-2)12-8-7-11-5-3-4-6-13(11)9-12/h3-9H,1H2,2H3. The fraction of sp³-hybridized carbons (Fsp3) is 0.0769. The van der Waals surface area contributed by atoms with E-state index in [0.717, 1.165) is 5.56 Å². The number of hydrogen-bond acceptors (Lipinski definition) is 1. The van der Waals surface area contributed by atoms with Gasteiger partial charge in [0.15, 0.2) is 0 Å². The second-order valence-corrected chi connectivity index (χ2v) is 3.19. The van der Waals surface area contributed by atoms with Crippen LogP contribution in [-0.4, -0.2) is 7.11 Å². The Bertz CT molecular complexity index is 471. The van der Waals surface area contributed by atoms with E-state index in [4.69, 9.17) is 4.74 Å². The summed E-state index contributed by atoms with van der Waals surface area (Å²) in [6, 6.07) is 14.4. The molecule has 0 amide bonds. The molecular weight excluding hydrogens is 172 g/mol. The number of ether oxygens (including phenoxy) is 1. The highest BCUT2D eigenvalue weighted by Crippen LogP contribution is 2.20. The summed E-state index contributed by atoms with van der Waals surface area (Å²) < 4.78 is 5.09. The predicted molar refractivity (Wildman–Crippen MR) is 60.0 cm³/mol. The Labute approximate surface area is 83.6 Å². The van der Waals surface area contributed by atoms with Gasteiger partial charge in [-0.2, -0.15) is 0 Å². The van der Waals surface area contributed by atoms with E-state index in [-0.39, 0.29) is 0 Å². The van der Waals surface area contributed by atoms with Gasteiger partial charge >= 0.3 is 0 Å². The van der Waals surface area contributed by atoms with Gasteiger partial charge in [0.25, 0.3) is 0 Å². The fourth-order valence-corrected chi connectivity index (χ4v) is 1.48. The predicted octanol–water partition coefficient (Wildman–Crippen LogP) is 3.46. The fourth-order valence-electron chi connectivity index (χ4n) is 1.48. The van der Waals surface area contributed by atoms with Gasteiger partial charge in [-0.3, -0.25) is 0 Å². The van der Waals surface area contributed by atoms with Gasteiger partial charge in [0.2, 0.25) is 0 Å². The van der Waals surface area contributed by atoms with E-state index in [1.165, 1.54) is 10.8 Å². The Morgan fingerprint density at radius 3 is 2.50 bits per heavy atom. The van der Waals surface area contributed by atoms with Gasteiger partial charge in [0.05, 0.1) is 7.11 Å². The van der Waals surface area contributed by atoms with Crippen LogP contribution in [0.5, 0.6) is 0 Å². The van der Waals surface area contributed by atoms with Crippen molar-refractivity contribution in [3.8, 4) is 0 Å². The van der Waals surface area contributed by atoms with E-state index < -0.39 is 0 Å². The lowest BCUT2D eigenvalue weighted by Gasteiger charge is -2.05. The van der Waals surface area contributed by atoms with Gasteiger partial charge in [0.1, 0.15) is 5.76 Å². The number of hydrogen-bond donors (Lipinski definition) is 0. The molecule has 2 aromatic rings. The molecule has 2 rings (SSSR count). The second kappa shape index (κ2) is 3.54. The number of methoxy groups -OCH3 is 1. The van der Waals surface area contributed by atoms with Crippen molar-refractivity contribution in [2.75, 3.05) is 7.11 Å². The smallest absolute Gasteiger partial charge is 0.118 e. The molecule has 0 spiro atoms. The topological polar surface area (TPSA) is 9.23 Å². The van der Waals surface area contributed by atoms with Crippen LogP contribution in [0.1, 0.15) is 5.56 Å². The number of fused-ring (bicyclic) bond motifs is 1. The Morgan fingerprint density at radius 1 is 1.07 bits per heavy atom. The average Bonchev–Trinajstić information content (AvgIpc) is 2.27. The summed E-state index contributed by atoms with van der Waals surface area (Å²) in [5.41, 5.74) is 1.03. The van der Waals surface area contributed by atoms with Crippen molar-refractivity contribution in [3.63, 3.8) is 0 Å². The quantitative estimate of drug-likeness (QED) is 0.649. The van der Waals surface area contributed by atoms with Crippen molar-refractivity contribution in [2.45, 2.75) is 0 Å². The van der Waals surface area contributed by atoms with Crippen LogP contribution in [0.15, 0.2) is 49.0 Å². The molecule has 2 aromatic carbocycles. The molecule has 0 N–H and O–H groups in total. The van der Waals surface area contributed by atoms with Gasteiger partial charge in [-0.15, -0.1) is 0 Å². The maximum absolute atomic E-state index is 5.09. The first-order valence-corrected chi connectivity index (χ1v) is 4.53. The third-order valence-corrected chi connectivity index (χ3v) is 2.32. The SMILES string of the molecule is C=C(OC)c1ccc2ccccc2c1. The summed E-state index contributed by atoms with van der Waals surface area (Å²) in [4.78, 5) is 0. The minimum absolute atomic E-state index is 0.704. The number of rotatable bonds is 2. The Hall–Kier alpha value is -1.76. The van der Waals surface area contributed by atoms with Crippen LogP contribution in [0.3, 0.4) is 0 Å². The van der Waals surface area contributed by atoms with Crippen molar-refractivity contribution in [2.24, 2.45) is 0 Å². The largest absolute Gasteiger partial charge is 0.497 e. The van der Waals surface area contributed by atoms with Crippen LogP contribution in [0.2, 0.25) is 0 Å². The summed E-state index contributed by atoms with van der Waals surface area (Å²) in [6.07, 6.45) is 0. The highest BCUT2D eigenvalue weighted by Gasteiger charge is 1.98. The number of benzene rings is 2. The highest BCUT2D eigenvalue weighted by molar-refractivity contribution is 5.85. The highest BCUT2D eigenvalue weighted by atomic mass is 16.5. The molecule has 0 radical (unpaired) electrons. The molecule has 0 bridgehead atoms. The van der Waals surface area contributed by atoms with Gasteiger partial charge in [0, 0.05) is 5.56 Å². The molecule has 70 valence electrons. The monoisotopic (exact) mass is 184 g/mol. The molecule has 0 aromatic heterocycles. The van der Waals surface area contributed by atoms with E-state index in [1.54, 1.807) is 7.11 Å². The maximum Gasteiger partial charge on any atom is 0.118 e. The first-order chi connectivity index (χ1) is 6.81. The minimum Gasteiger partial charge on any atom is -0.497 e. The molecule has 1 nitrogen and oxygen atoms in total. The van der Waals surface area contributed by atoms with Crippen LogP contribution >= 0.6 is 0 Å². The van der Waals surface area contributed by atoms with Gasteiger partial charge in [-0.25, -0.2) is 0 Å².